The summed E-state index contributed by atoms with van der Waals surface area (Å²) in [5.74, 6) is 1.23. The Morgan fingerprint density at radius 3 is 1.73 bits per heavy atom. The molecule has 0 aliphatic carbocycles. The van der Waals surface area contributed by atoms with E-state index in [1.807, 2.05) is 26.0 Å². The minimum absolute atomic E-state index is 0.00812. The van der Waals surface area contributed by atoms with Gasteiger partial charge in [-0.2, -0.15) is 0 Å². The molecule has 0 bridgehead atoms. The van der Waals surface area contributed by atoms with E-state index in [0.29, 0.717) is 64.6 Å². The van der Waals surface area contributed by atoms with Crippen molar-refractivity contribution < 1.29 is 28.4 Å². The van der Waals surface area contributed by atoms with E-state index in [9.17, 15) is 9.59 Å². The van der Waals surface area contributed by atoms with Crippen molar-refractivity contribution in [1.82, 2.24) is 9.13 Å². The van der Waals surface area contributed by atoms with Crippen molar-refractivity contribution >= 4 is 0 Å². The third-order valence-corrected chi connectivity index (χ3v) is 9.63. The Bertz CT molecular complexity index is 1930. The van der Waals surface area contributed by atoms with Gasteiger partial charge < -0.3 is 37.6 Å². The van der Waals surface area contributed by atoms with E-state index in [1.165, 1.54) is 16.7 Å². The molecule has 6 heterocycles. The number of nitrogens with zero attached hydrogens (tertiary/aromatic N) is 2. The van der Waals surface area contributed by atoms with Crippen molar-refractivity contribution in [1.29, 1.82) is 0 Å². The lowest BCUT2D eigenvalue weighted by Crippen LogP contribution is -2.34. The summed E-state index contributed by atoms with van der Waals surface area (Å²) in [6.45, 7) is 11.8. The molecule has 2 saturated heterocycles. The number of aromatic nitrogens is 2. The number of pyridine rings is 2. The number of aryl methyl sites for hydroxylation is 3. The molecule has 0 saturated carbocycles. The highest BCUT2D eigenvalue weighted by Gasteiger charge is 2.25. The second-order valence-electron chi connectivity index (χ2n) is 13.0. The zero-order valence-corrected chi connectivity index (χ0v) is 28.5. The lowest BCUT2D eigenvalue weighted by Gasteiger charge is -2.28. The monoisotopic (exact) mass is 668 g/mol. The smallest absolute Gasteiger partial charge is 0.197 e. The predicted molar refractivity (Wildman–Crippen MR) is 186 cm³/mol. The summed E-state index contributed by atoms with van der Waals surface area (Å²) in [4.78, 5) is 24.9. The molecule has 10 heteroatoms. The number of fused-ring (bicyclic) bond motifs is 6. The van der Waals surface area contributed by atoms with Gasteiger partial charge in [-0.25, -0.2) is 0 Å². The molecule has 258 valence electrons. The van der Waals surface area contributed by atoms with Crippen LogP contribution in [0.2, 0.25) is 0 Å². The van der Waals surface area contributed by atoms with Crippen molar-refractivity contribution in [2.45, 2.75) is 58.9 Å². The fourth-order valence-electron chi connectivity index (χ4n) is 7.05. The van der Waals surface area contributed by atoms with Crippen LogP contribution < -0.4 is 20.3 Å². The van der Waals surface area contributed by atoms with E-state index in [1.54, 1.807) is 12.1 Å². The van der Waals surface area contributed by atoms with Gasteiger partial charge in [-0.15, -0.1) is 0 Å². The summed E-state index contributed by atoms with van der Waals surface area (Å²) in [7, 11) is 0. The zero-order chi connectivity index (χ0) is 33.9. The quantitative estimate of drug-likeness (QED) is 0.293. The van der Waals surface area contributed by atoms with Crippen molar-refractivity contribution in [2.24, 2.45) is 0 Å². The van der Waals surface area contributed by atoms with Crippen LogP contribution in [-0.2, 0) is 44.9 Å². The molecule has 0 N–H and O–H groups in total. The van der Waals surface area contributed by atoms with Crippen LogP contribution in [0, 0.1) is 20.8 Å². The van der Waals surface area contributed by atoms with Crippen LogP contribution in [0.4, 0.5) is 0 Å². The molecule has 4 aliphatic rings. The summed E-state index contributed by atoms with van der Waals surface area (Å²) in [6, 6.07) is 17.9. The summed E-state index contributed by atoms with van der Waals surface area (Å²) in [5.41, 5.74) is 9.59. The standard InChI is InChI=1S/C20H23NO4.C19H21NO4/c1-13-3-4-17-15(9-13)5-6-21-19(10-18(22)14(2)20(17)21)25-12-16-11-23-7-8-24-16;1-13-17(21)10-18(24-12-15-11-22-8-9-23-15)20-7-6-14-4-2-3-5-16(14)19(13)20/h3-4,9-10,16H,5-8,11-12H2,1-2H3;2-5,10,15H,6-9,11-12H2,1H3/t16-;15-/m00/s1. The number of hydrogen-bond donors (Lipinski definition) is 0. The van der Waals surface area contributed by atoms with Gasteiger partial charge in [0.15, 0.2) is 22.6 Å². The molecular formula is C39H44N2O8. The second kappa shape index (κ2) is 14.7. The molecular weight excluding hydrogens is 624 g/mol. The summed E-state index contributed by atoms with van der Waals surface area (Å²) in [6.07, 6.45) is 1.71. The van der Waals surface area contributed by atoms with Gasteiger partial charge in [-0.1, -0.05) is 48.0 Å². The van der Waals surface area contributed by atoms with Gasteiger partial charge in [-0.05, 0) is 44.7 Å². The van der Waals surface area contributed by atoms with E-state index in [2.05, 4.69) is 46.4 Å². The van der Waals surface area contributed by atoms with Crippen LogP contribution in [0.15, 0.2) is 64.2 Å². The van der Waals surface area contributed by atoms with Crippen LogP contribution in [0.3, 0.4) is 0 Å². The Balaban J connectivity index is 0.000000154. The first-order valence-electron chi connectivity index (χ1n) is 17.2. The topological polar surface area (TPSA) is 99.4 Å². The molecule has 2 fully saturated rings. The molecule has 4 aromatic rings. The molecule has 8 rings (SSSR count). The van der Waals surface area contributed by atoms with Gasteiger partial charge in [0, 0.05) is 47.5 Å². The fraction of sp³-hybridized carbons (Fsp3) is 0.436. The maximum Gasteiger partial charge on any atom is 0.197 e. The summed E-state index contributed by atoms with van der Waals surface area (Å²) >= 11 is 0. The number of hydrogen-bond acceptors (Lipinski definition) is 8. The normalized spacial score (nSPS) is 19.3. The third kappa shape index (κ3) is 7.10. The maximum absolute atomic E-state index is 12.5. The third-order valence-electron chi connectivity index (χ3n) is 9.63. The van der Waals surface area contributed by atoms with Crippen LogP contribution >= 0.6 is 0 Å². The largest absolute Gasteiger partial charge is 0.476 e. The number of ether oxygens (including phenoxy) is 6. The molecule has 0 radical (unpaired) electrons. The molecule has 49 heavy (non-hydrogen) atoms. The van der Waals surface area contributed by atoms with Crippen LogP contribution in [0.25, 0.3) is 22.5 Å². The maximum atomic E-state index is 12.5. The van der Waals surface area contributed by atoms with Crippen LogP contribution in [0.1, 0.15) is 27.8 Å². The Labute approximate surface area is 286 Å². The molecule has 2 aromatic heterocycles. The van der Waals surface area contributed by atoms with Crippen LogP contribution in [0.5, 0.6) is 11.8 Å². The van der Waals surface area contributed by atoms with E-state index >= 15 is 0 Å². The molecule has 0 unspecified atom stereocenters. The first kappa shape index (κ1) is 33.3. The van der Waals surface area contributed by atoms with Crippen molar-refractivity contribution in [3.05, 3.63) is 103 Å². The second-order valence-corrected chi connectivity index (χ2v) is 13.0. The van der Waals surface area contributed by atoms with Crippen molar-refractivity contribution in [3.63, 3.8) is 0 Å². The predicted octanol–water partition coefficient (Wildman–Crippen LogP) is 4.66. The average Bonchev–Trinajstić information content (AvgIpc) is 3.13. The van der Waals surface area contributed by atoms with Crippen molar-refractivity contribution in [3.8, 4) is 34.3 Å². The highest BCUT2D eigenvalue weighted by molar-refractivity contribution is 5.71. The zero-order valence-electron chi connectivity index (χ0n) is 28.5. The minimum Gasteiger partial charge on any atom is -0.476 e. The highest BCUT2D eigenvalue weighted by Crippen LogP contribution is 2.35. The van der Waals surface area contributed by atoms with Crippen LogP contribution in [-0.4, -0.2) is 74.2 Å². The molecule has 2 atom stereocenters. The van der Waals surface area contributed by atoms with Gasteiger partial charge in [0.2, 0.25) is 0 Å². The average molecular weight is 669 g/mol. The van der Waals surface area contributed by atoms with E-state index in [4.69, 9.17) is 28.4 Å². The number of benzene rings is 2. The summed E-state index contributed by atoms with van der Waals surface area (Å²) in [5, 5.41) is 0. The van der Waals surface area contributed by atoms with Gasteiger partial charge in [0.25, 0.3) is 0 Å². The van der Waals surface area contributed by atoms with E-state index in [-0.39, 0.29) is 23.1 Å². The lowest BCUT2D eigenvalue weighted by molar-refractivity contribution is -0.102. The Kier molecular flexibility index (Phi) is 10.00. The minimum atomic E-state index is -0.0834. The molecule has 4 aliphatic heterocycles. The first-order valence-corrected chi connectivity index (χ1v) is 17.2. The fourth-order valence-corrected chi connectivity index (χ4v) is 7.05. The van der Waals surface area contributed by atoms with Gasteiger partial charge in [0.1, 0.15) is 25.4 Å². The van der Waals surface area contributed by atoms with E-state index < -0.39 is 0 Å². The summed E-state index contributed by atoms with van der Waals surface area (Å²) < 4.78 is 38.2. The van der Waals surface area contributed by atoms with Gasteiger partial charge in [0.05, 0.1) is 51.0 Å². The Morgan fingerprint density at radius 1 is 0.653 bits per heavy atom. The van der Waals surface area contributed by atoms with E-state index in [0.717, 1.165) is 59.6 Å². The first-order chi connectivity index (χ1) is 23.9. The highest BCUT2D eigenvalue weighted by atomic mass is 16.6. The molecule has 10 nitrogen and oxygen atoms in total. The molecule has 2 aromatic carbocycles. The lowest BCUT2D eigenvalue weighted by atomic mass is 9.93. The molecule has 0 spiro atoms. The Morgan fingerprint density at radius 2 is 1.18 bits per heavy atom. The van der Waals surface area contributed by atoms with Crippen molar-refractivity contribution in [2.75, 3.05) is 52.9 Å². The van der Waals surface area contributed by atoms with Gasteiger partial charge >= 0.3 is 0 Å². The Hall–Kier alpha value is -4.22. The number of rotatable bonds is 6. The van der Waals surface area contributed by atoms with Gasteiger partial charge in [-0.3, -0.25) is 9.59 Å². The SMILES string of the molecule is Cc1c2n(c(OC[C@@H]3COCCO3)cc1=O)CCc1ccccc1-2.Cc1ccc2c(c1)CCn1c(OC[C@@H]3COCCO3)cc(=O)c(C)c1-2. The molecule has 0 amide bonds.